The first-order chi connectivity index (χ1) is 12.7. The maximum absolute atomic E-state index is 11.4. The van der Waals surface area contributed by atoms with Crippen LogP contribution in [0.3, 0.4) is 0 Å². The molecule has 1 aromatic heterocycles. The molecule has 2 N–H and O–H groups in total. The number of fused-ring (bicyclic) bond motifs is 1. The average Bonchev–Trinajstić information content (AvgIpc) is 3.13. The molecule has 0 saturated carbocycles. The Labute approximate surface area is 152 Å². The molecule has 5 heteroatoms. The number of likely N-dealkylation sites (tertiary alicyclic amines) is 1. The summed E-state index contributed by atoms with van der Waals surface area (Å²) in [5, 5.41) is 17.8. The highest BCUT2D eigenvalue weighted by atomic mass is 16.4. The quantitative estimate of drug-likeness (QED) is 0.737. The van der Waals surface area contributed by atoms with E-state index in [9.17, 15) is 9.90 Å². The van der Waals surface area contributed by atoms with E-state index in [-0.39, 0.29) is 0 Å². The van der Waals surface area contributed by atoms with Gasteiger partial charge in [-0.05, 0) is 55.5 Å². The minimum absolute atomic E-state index is 0.445. The number of rotatable bonds is 5. The first-order valence-electron chi connectivity index (χ1n) is 9.15. The summed E-state index contributed by atoms with van der Waals surface area (Å²) in [7, 11) is 0. The van der Waals surface area contributed by atoms with Gasteiger partial charge in [-0.2, -0.15) is 5.10 Å². The van der Waals surface area contributed by atoms with Crippen LogP contribution < -0.4 is 0 Å². The van der Waals surface area contributed by atoms with Crippen molar-refractivity contribution in [1.82, 2.24) is 15.1 Å². The molecule has 1 aliphatic heterocycles. The number of benzene rings is 2. The van der Waals surface area contributed by atoms with E-state index < -0.39 is 5.97 Å². The standard InChI is InChI=1S/C21H23N3O2/c25-21(26)19-7-2-1-4-16(19)12-15-8-10-24(11-9-15)14-18-6-3-5-17-13-22-23-20(17)18/h1-7,13,15H,8-12,14H2,(H,22,23)(H,25,26). The second-order valence-corrected chi connectivity index (χ2v) is 7.14. The number of nitrogens with zero attached hydrogens (tertiary/aromatic N) is 2. The van der Waals surface area contributed by atoms with E-state index in [1.807, 2.05) is 18.3 Å². The highest BCUT2D eigenvalue weighted by molar-refractivity contribution is 5.89. The van der Waals surface area contributed by atoms with Crippen LogP contribution in [0.4, 0.5) is 0 Å². The number of piperidine rings is 1. The Balaban J connectivity index is 1.37. The van der Waals surface area contributed by atoms with E-state index >= 15 is 0 Å². The number of carboxylic acids is 1. The lowest BCUT2D eigenvalue weighted by atomic mass is 9.88. The van der Waals surface area contributed by atoms with Crippen molar-refractivity contribution in [1.29, 1.82) is 0 Å². The van der Waals surface area contributed by atoms with E-state index in [1.165, 1.54) is 5.56 Å². The summed E-state index contributed by atoms with van der Waals surface area (Å²) in [5.74, 6) is -0.277. The van der Waals surface area contributed by atoms with Crippen molar-refractivity contribution < 1.29 is 9.90 Å². The van der Waals surface area contributed by atoms with Crippen LogP contribution in [0.1, 0.15) is 34.3 Å². The highest BCUT2D eigenvalue weighted by Gasteiger charge is 2.22. The van der Waals surface area contributed by atoms with Gasteiger partial charge in [0.1, 0.15) is 0 Å². The fourth-order valence-electron chi connectivity index (χ4n) is 3.97. The molecule has 1 saturated heterocycles. The summed E-state index contributed by atoms with van der Waals surface area (Å²) in [5.41, 5.74) is 3.82. The van der Waals surface area contributed by atoms with Crippen LogP contribution in [0.2, 0.25) is 0 Å². The lowest BCUT2D eigenvalue weighted by Crippen LogP contribution is -2.34. The molecule has 26 heavy (non-hydrogen) atoms. The van der Waals surface area contributed by atoms with Crippen LogP contribution in [0, 0.1) is 5.92 Å². The minimum atomic E-state index is -0.828. The monoisotopic (exact) mass is 349 g/mol. The molecule has 0 aliphatic carbocycles. The highest BCUT2D eigenvalue weighted by Crippen LogP contribution is 2.25. The number of H-pyrrole nitrogens is 1. The zero-order valence-electron chi connectivity index (χ0n) is 14.7. The van der Waals surface area contributed by atoms with Crippen LogP contribution >= 0.6 is 0 Å². The molecule has 1 fully saturated rings. The van der Waals surface area contributed by atoms with Gasteiger partial charge in [0.05, 0.1) is 17.3 Å². The fourth-order valence-corrected chi connectivity index (χ4v) is 3.97. The van der Waals surface area contributed by atoms with Gasteiger partial charge in [0.2, 0.25) is 0 Å². The Morgan fingerprint density at radius 1 is 1.12 bits per heavy atom. The maximum Gasteiger partial charge on any atom is 0.335 e. The molecule has 0 amide bonds. The Hall–Kier alpha value is -2.66. The second kappa shape index (κ2) is 7.30. The van der Waals surface area contributed by atoms with Crippen molar-refractivity contribution in [2.45, 2.75) is 25.8 Å². The topological polar surface area (TPSA) is 69.2 Å². The molecule has 134 valence electrons. The Morgan fingerprint density at radius 3 is 2.69 bits per heavy atom. The minimum Gasteiger partial charge on any atom is -0.478 e. The summed E-state index contributed by atoms with van der Waals surface area (Å²) < 4.78 is 0. The van der Waals surface area contributed by atoms with E-state index in [2.05, 4.69) is 33.3 Å². The molecule has 0 atom stereocenters. The Kier molecular flexibility index (Phi) is 4.71. The van der Waals surface area contributed by atoms with Gasteiger partial charge in [-0.3, -0.25) is 10.00 Å². The Bertz CT molecular complexity index is 910. The van der Waals surface area contributed by atoms with Crippen LogP contribution in [-0.2, 0) is 13.0 Å². The van der Waals surface area contributed by atoms with Gasteiger partial charge >= 0.3 is 5.97 Å². The number of hydrogen-bond donors (Lipinski definition) is 2. The molecular weight excluding hydrogens is 326 g/mol. The Morgan fingerprint density at radius 2 is 1.88 bits per heavy atom. The molecule has 3 aromatic rings. The van der Waals surface area contributed by atoms with Crippen molar-refractivity contribution in [3.8, 4) is 0 Å². The molecule has 2 aromatic carbocycles. The van der Waals surface area contributed by atoms with E-state index in [0.29, 0.717) is 11.5 Å². The van der Waals surface area contributed by atoms with Crippen molar-refractivity contribution in [3.63, 3.8) is 0 Å². The van der Waals surface area contributed by atoms with E-state index in [1.54, 1.807) is 12.1 Å². The summed E-state index contributed by atoms with van der Waals surface area (Å²) in [6, 6.07) is 13.7. The average molecular weight is 349 g/mol. The zero-order valence-corrected chi connectivity index (χ0v) is 14.7. The first kappa shape index (κ1) is 16.8. The van der Waals surface area contributed by atoms with Crippen LogP contribution in [0.5, 0.6) is 0 Å². The summed E-state index contributed by atoms with van der Waals surface area (Å²) in [6.07, 6.45) is 4.93. The van der Waals surface area contributed by atoms with Crippen molar-refractivity contribution in [3.05, 3.63) is 65.4 Å². The summed E-state index contributed by atoms with van der Waals surface area (Å²) >= 11 is 0. The third kappa shape index (κ3) is 3.48. The number of para-hydroxylation sites is 1. The zero-order chi connectivity index (χ0) is 17.9. The van der Waals surface area contributed by atoms with Gasteiger partial charge in [-0.15, -0.1) is 0 Å². The van der Waals surface area contributed by atoms with Gasteiger partial charge in [-0.1, -0.05) is 36.4 Å². The third-order valence-electron chi connectivity index (χ3n) is 5.42. The van der Waals surface area contributed by atoms with Crippen LogP contribution in [-0.4, -0.2) is 39.3 Å². The smallest absolute Gasteiger partial charge is 0.335 e. The number of aromatic amines is 1. The molecule has 0 radical (unpaired) electrons. The van der Waals surface area contributed by atoms with Gasteiger partial charge in [0.25, 0.3) is 0 Å². The lowest BCUT2D eigenvalue weighted by Gasteiger charge is -2.32. The van der Waals surface area contributed by atoms with Gasteiger partial charge in [-0.25, -0.2) is 4.79 Å². The molecule has 5 nitrogen and oxygen atoms in total. The largest absolute Gasteiger partial charge is 0.478 e. The predicted molar refractivity (Wildman–Crippen MR) is 101 cm³/mol. The number of aromatic nitrogens is 2. The lowest BCUT2D eigenvalue weighted by molar-refractivity contribution is 0.0695. The molecule has 1 aliphatic rings. The second-order valence-electron chi connectivity index (χ2n) is 7.14. The molecular formula is C21H23N3O2. The third-order valence-corrected chi connectivity index (χ3v) is 5.42. The molecule has 0 bridgehead atoms. The number of nitrogens with one attached hydrogen (secondary N) is 1. The van der Waals surface area contributed by atoms with Gasteiger partial charge < -0.3 is 5.11 Å². The van der Waals surface area contributed by atoms with Crippen molar-refractivity contribution in [2.24, 2.45) is 5.92 Å². The molecule has 4 rings (SSSR count). The van der Waals surface area contributed by atoms with Crippen molar-refractivity contribution in [2.75, 3.05) is 13.1 Å². The summed E-state index contributed by atoms with van der Waals surface area (Å²) in [4.78, 5) is 13.9. The van der Waals surface area contributed by atoms with E-state index in [4.69, 9.17) is 0 Å². The predicted octanol–water partition coefficient (Wildman–Crippen LogP) is 3.72. The molecule has 0 unspecified atom stereocenters. The van der Waals surface area contributed by atoms with Crippen molar-refractivity contribution >= 4 is 16.9 Å². The first-order valence-corrected chi connectivity index (χ1v) is 9.15. The van der Waals surface area contributed by atoms with Gasteiger partial charge in [0, 0.05) is 11.9 Å². The fraction of sp³-hybridized carbons (Fsp3) is 0.333. The van der Waals surface area contributed by atoms with E-state index in [0.717, 1.165) is 55.4 Å². The normalized spacial score (nSPS) is 16.2. The maximum atomic E-state index is 11.4. The number of carbonyl (C=O) groups is 1. The number of hydrogen-bond acceptors (Lipinski definition) is 3. The summed E-state index contributed by atoms with van der Waals surface area (Å²) in [6.45, 7) is 3.02. The molecule has 0 spiro atoms. The number of carboxylic acid groups (broad SMARTS) is 1. The van der Waals surface area contributed by atoms with Crippen LogP contribution in [0.15, 0.2) is 48.7 Å². The van der Waals surface area contributed by atoms with Crippen LogP contribution in [0.25, 0.3) is 10.9 Å². The number of aromatic carboxylic acids is 1. The van der Waals surface area contributed by atoms with Gasteiger partial charge in [0.15, 0.2) is 0 Å². The SMILES string of the molecule is O=C(O)c1ccccc1CC1CCN(Cc2cccc3cn[nH]c23)CC1. The molecule has 2 heterocycles.